The van der Waals surface area contributed by atoms with E-state index in [1.807, 2.05) is 6.20 Å². The first-order valence-corrected chi connectivity index (χ1v) is 12.0. The number of nitrogens with two attached hydrogens (primary N) is 1. The molecule has 0 saturated heterocycles. The molecule has 2 aromatic heterocycles. The van der Waals surface area contributed by atoms with Crippen molar-refractivity contribution in [3.8, 4) is 0 Å². The van der Waals surface area contributed by atoms with Gasteiger partial charge in [0.15, 0.2) is 0 Å². The molecule has 0 aliphatic heterocycles. The standard InChI is InChI=1S/C27H33N5/c28-16-8-18-32-24-14-5-4-13-23(24)30-26(32)20-31(19-21-9-2-1-3-10-21)25-15-6-11-22-12-7-17-29-27(22)25/h2,4-5,7,9-10,12-14,17,25H,1,3,6,8,11,15-16,18-20,28H2. The van der Waals surface area contributed by atoms with Crippen LogP contribution in [0, 0.1) is 0 Å². The number of rotatable bonds is 8. The molecule has 1 atom stereocenters. The van der Waals surface area contributed by atoms with Gasteiger partial charge in [-0.3, -0.25) is 9.88 Å². The van der Waals surface area contributed by atoms with E-state index in [4.69, 9.17) is 15.7 Å². The second-order valence-corrected chi connectivity index (χ2v) is 8.93. The lowest BCUT2D eigenvalue weighted by molar-refractivity contribution is 0.175. The molecule has 0 bridgehead atoms. The number of para-hydroxylation sites is 2. The Morgan fingerprint density at radius 2 is 2.03 bits per heavy atom. The average molecular weight is 428 g/mol. The molecule has 2 aliphatic rings. The van der Waals surface area contributed by atoms with Gasteiger partial charge in [0.1, 0.15) is 5.82 Å². The van der Waals surface area contributed by atoms with Crippen LogP contribution in [0.2, 0.25) is 0 Å². The Balaban J connectivity index is 1.52. The number of aryl methyl sites for hydroxylation is 2. The molecule has 32 heavy (non-hydrogen) atoms. The van der Waals surface area contributed by atoms with Crippen LogP contribution in [0.15, 0.2) is 66.4 Å². The lowest BCUT2D eigenvalue weighted by Gasteiger charge is -2.35. The van der Waals surface area contributed by atoms with E-state index in [-0.39, 0.29) is 0 Å². The molecule has 2 N–H and O–H groups in total. The molecule has 0 fully saturated rings. The molecular formula is C27H33N5. The van der Waals surface area contributed by atoms with Crippen molar-refractivity contribution in [1.82, 2.24) is 19.4 Å². The maximum absolute atomic E-state index is 5.87. The van der Waals surface area contributed by atoms with E-state index in [0.29, 0.717) is 12.6 Å². The minimum absolute atomic E-state index is 0.318. The van der Waals surface area contributed by atoms with Gasteiger partial charge in [-0.1, -0.05) is 36.4 Å². The molecule has 0 amide bonds. The van der Waals surface area contributed by atoms with E-state index in [1.54, 1.807) is 0 Å². The molecule has 166 valence electrons. The van der Waals surface area contributed by atoms with Crippen LogP contribution in [0.3, 0.4) is 0 Å². The predicted molar refractivity (Wildman–Crippen MR) is 130 cm³/mol. The van der Waals surface area contributed by atoms with Crippen molar-refractivity contribution < 1.29 is 0 Å². The molecule has 1 unspecified atom stereocenters. The van der Waals surface area contributed by atoms with Crippen LogP contribution in [0.5, 0.6) is 0 Å². The summed E-state index contributed by atoms with van der Waals surface area (Å²) in [5, 5.41) is 0. The van der Waals surface area contributed by atoms with Crippen LogP contribution in [0.1, 0.15) is 55.2 Å². The van der Waals surface area contributed by atoms with Crippen LogP contribution >= 0.6 is 0 Å². The number of benzene rings is 1. The topological polar surface area (TPSA) is 60.0 Å². The van der Waals surface area contributed by atoms with E-state index >= 15 is 0 Å². The van der Waals surface area contributed by atoms with Gasteiger partial charge in [-0.15, -0.1) is 0 Å². The zero-order valence-corrected chi connectivity index (χ0v) is 18.8. The predicted octanol–water partition coefficient (Wildman–Crippen LogP) is 4.94. The molecule has 0 spiro atoms. The Hall–Kier alpha value is -2.76. The third-order valence-corrected chi connectivity index (χ3v) is 6.73. The number of aromatic nitrogens is 3. The molecular weight excluding hydrogens is 394 g/mol. The summed E-state index contributed by atoms with van der Waals surface area (Å²) >= 11 is 0. The molecule has 2 heterocycles. The molecule has 5 rings (SSSR count). The third kappa shape index (κ3) is 4.41. The molecule has 3 aromatic rings. The number of hydrogen-bond donors (Lipinski definition) is 1. The zero-order chi connectivity index (χ0) is 21.8. The summed E-state index contributed by atoms with van der Waals surface area (Å²) in [4.78, 5) is 12.5. The van der Waals surface area contributed by atoms with Crippen LogP contribution < -0.4 is 5.73 Å². The first-order valence-electron chi connectivity index (χ1n) is 12.0. The lowest BCUT2D eigenvalue weighted by Crippen LogP contribution is -2.34. The van der Waals surface area contributed by atoms with Crippen molar-refractivity contribution in [2.45, 2.75) is 57.7 Å². The van der Waals surface area contributed by atoms with Crippen molar-refractivity contribution in [2.24, 2.45) is 5.73 Å². The quantitative estimate of drug-likeness (QED) is 0.553. The van der Waals surface area contributed by atoms with Gasteiger partial charge in [0.2, 0.25) is 0 Å². The highest BCUT2D eigenvalue weighted by molar-refractivity contribution is 5.75. The zero-order valence-electron chi connectivity index (χ0n) is 18.8. The number of fused-ring (bicyclic) bond motifs is 2. The summed E-state index contributed by atoms with van der Waals surface area (Å²) in [5.74, 6) is 1.13. The Labute approximate surface area is 190 Å². The summed E-state index contributed by atoms with van der Waals surface area (Å²) < 4.78 is 2.38. The summed E-state index contributed by atoms with van der Waals surface area (Å²) in [6.45, 7) is 3.33. The average Bonchev–Trinajstić information content (AvgIpc) is 3.19. The van der Waals surface area contributed by atoms with E-state index in [2.05, 4.69) is 64.1 Å². The highest BCUT2D eigenvalue weighted by Crippen LogP contribution is 2.35. The summed E-state index contributed by atoms with van der Waals surface area (Å²) in [7, 11) is 0. The highest BCUT2D eigenvalue weighted by Gasteiger charge is 2.29. The smallest absolute Gasteiger partial charge is 0.124 e. The number of nitrogens with zero attached hydrogens (tertiary/aromatic N) is 4. The fourth-order valence-corrected chi connectivity index (χ4v) is 5.16. The van der Waals surface area contributed by atoms with Gasteiger partial charge in [-0.2, -0.15) is 0 Å². The van der Waals surface area contributed by atoms with Crippen molar-refractivity contribution in [2.75, 3.05) is 13.1 Å². The maximum Gasteiger partial charge on any atom is 0.124 e. The van der Waals surface area contributed by atoms with Crippen molar-refractivity contribution in [1.29, 1.82) is 0 Å². The molecule has 0 saturated carbocycles. The van der Waals surface area contributed by atoms with E-state index in [0.717, 1.165) is 63.1 Å². The van der Waals surface area contributed by atoms with Gasteiger partial charge in [0.25, 0.3) is 0 Å². The fraction of sp³-hybridized carbons (Fsp3) is 0.407. The van der Waals surface area contributed by atoms with Crippen LogP contribution in [-0.2, 0) is 19.5 Å². The second-order valence-electron chi connectivity index (χ2n) is 8.93. The van der Waals surface area contributed by atoms with Gasteiger partial charge >= 0.3 is 0 Å². The fourth-order valence-electron chi connectivity index (χ4n) is 5.16. The molecule has 5 nitrogen and oxygen atoms in total. The van der Waals surface area contributed by atoms with Crippen molar-refractivity contribution in [3.63, 3.8) is 0 Å². The van der Waals surface area contributed by atoms with Crippen LogP contribution in [0.4, 0.5) is 0 Å². The first kappa shape index (κ1) is 21.1. The van der Waals surface area contributed by atoms with Gasteiger partial charge in [-0.05, 0) is 74.4 Å². The van der Waals surface area contributed by atoms with E-state index in [1.165, 1.54) is 28.8 Å². The van der Waals surface area contributed by atoms with Crippen LogP contribution in [-0.4, -0.2) is 32.5 Å². The Morgan fingerprint density at radius 3 is 2.91 bits per heavy atom. The molecule has 5 heteroatoms. The summed E-state index contributed by atoms with van der Waals surface area (Å²) in [5.41, 5.74) is 12.2. The Kier molecular flexibility index (Phi) is 6.46. The highest BCUT2D eigenvalue weighted by atomic mass is 15.2. The lowest BCUT2D eigenvalue weighted by atomic mass is 9.90. The van der Waals surface area contributed by atoms with Crippen LogP contribution in [0.25, 0.3) is 11.0 Å². The Bertz CT molecular complexity index is 1130. The number of hydrogen-bond acceptors (Lipinski definition) is 4. The van der Waals surface area contributed by atoms with Gasteiger partial charge in [0.05, 0.1) is 29.3 Å². The maximum atomic E-state index is 5.87. The second kappa shape index (κ2) is 9.80. The van der Waals surface area contributed by atoms with Crippen molar-refractivity contribution >= 4 is 11.0 Å². The first-order chi connectivity index (χ1) is 15.8. The largest absolute Gasteiger partial charge is 0.330 e. The van der Waals surface area contributed by atoms with Gasteiger partial charge in [-0.25, -0.2) is 4.98 Å². The number of imidazole rings is 1. The molecule has 0 radical (unpaired) electrons. The third-order valence-electron chi connectivity index (χ3n) is 6.73. The minimum atomic E-state index is 0.318. The van der Waals surface area contributed by atoms with Gasteiger partial charge < -0.3 is 10.3 Å². The monoisotopic (exact) mass is 427 g/mol. The summed E-state index contributed by atoms with van der Waals surface area (Å²) in [6, 6.07) is 13.1. The SMILES string of the molecule is NCCCn1c(CN(CC2=CCCC=C2)C2CCCc3cccnc32)nc2ccccc21. The number of allylic oxidation sites excluding steroid dienone is 2. The molecule has 2 aliphatic carbocycles. The Morgan fingerprint density at radius 1 is 1.09 bits per heavy atom. The molecule has 1 aromatic carbocycles. The van der Waals surface area contributed by atoms with E-state index in [9.17, 15) is 0 Å². The van der Waals surface area contributed by atoms with Gasteiger partial charge in [0, 0.05) is 19.3 Å². The minimum Gasteiger partial charge on any atom is -0.330 e. The summed E-state index contributed by atoms with van der Waals surface area (Å²) in [6.07, 6.45) is 15.7. The van der Waals surface area contributed by atoms with Crippen molar-refractivity contribution in [3.05, 3.63) is 83.5 Å². The number of pyridine rings is 1. The normalized spacial score (nSPS) is 18.2. The van der Waals surface area contributed by atoms with E-state index < -0.39 is 0 Å².